The number of halogens is 1. The topological polar surface area (TPSA) is 118 Å². The van der Waals surface area contributed by atoms with Crippen LogP contribution in [0.2, 0.25) is 0 Å². The highest BCUT2D eigenvalue weighted by molar-refractivity contribution is 5.88. The normalized spacial score (nSPS) is 11.1. The van der Waals surface area contributed by atoms with Crippen molar-refractivity contribution in [2.45, 2.75) is 13.5 Å². The van der Waals surface area contributed by atoms with Gasteiger partial charge in [-0.15, -0.1) is 0 Å². The van der Waals surface area contributed by atoms with Crippen molar-refractivity contribution in [3.8, 4) is 28.3 Å². The molecule has 0 aliphatic carbocycles. The largest absolute Gasteiger partial charge is 0.496 e. The maximum absolute atomic E-state index is 14.6. The van der Waals surface area contributed by atoms with Crippen LogP contribution in [0.3, 0.4) is 0 Å². The molecule has 0 unspecified atom stereocenters. The lowest BCUT2D eigenvalue weighted by atomic mass is 10.1. The van der Waals surface area contributed by atoms with E-state index < -0.39 is 5.97 Å². The van der Waals surface area contributed by atoms with Gasteiger partial charge in [0.05, 0.1) is 24.0 Å². The van der Waals surface area contributed by atoms with Gasteiger partial charge in [-0.05, 0) is 31.2 Å². The smallest absolute Gasteiger partial charge is 0.353 e. The fourth-order valence-electron chi connectivity index (χ4n) is 4.20. The zero-order chi connectivity index (χ0) is 25.2. The van der Waals surface area contributed by atoms with E-state index in [9.17, 15) is 9.18 Å². The molecule has 182 valence electrons. The predicted molar refractivity (Wildman–Crippen MR) is 134 cm³/mol. The Morgan fingerprint density at radius 3 is 2.53 bits per heavy atom. The number of fused-ring (bicyclic) bond motifs is 1. The number of carboxylic acids is 1. The minimum absolute atomic E-state index is 0.0329. The number of aromatic nitrogens is 5. The molecule has 3 N–H and O–H groups in total. The van der Waals surface area contributed by atoms with Crippen molar-refractivity contribution in [3.63, 3.8) is 0 Å². The summed E-state index contributed by atoms with van der Waals surface area (Å²) in [4.78, 5) is 19.7. The fourth-order valence-corrected chi connectivity index (χ4v) is 4.20. The molecule has 0 fully saturated rings. The molecular formula is C26H23FN6O3. The third-order valence-electron chi connectivity index (χ3n) is 5.99. The van der Waals surface area contributed by atoms with Gasteiger partial charge in [0.1, 0.15) is 29.4 Å². The van der Waals surface area contributed by atoms with E-state index >= 15 is 0 Å². The van der Waals surface area contributed by atoms with Crippen LogP contribution >= 0.6 is 0 Å². The third kappa shape index (κ3) is 4.36. The number of nitrogens with one attached hydrogen (secondary N) is 2. The van der Waals surface area contributed by atoms with Crippen molar-refractivity contribution in [2.75, 3.05) is 19.0 Å². The predicted octanol–water partition coefficient (Wildman–Crippen LogP) is 4.75. The van der Waals surface area contributed by atoms with Crippen LogP contribution in [0.25, 0.3) is 33.4 Å². The molecule has 36 heavy (non-hydrogen) atoms. The monoisotopic (exact) mass is 486 g/mol. The van der Waals surface area contributed by atoms with E-state index in [-0.39, 0.29) is 11.5 Å². The minimum atomic E-state index is -1.06. The third-order valence-corrected chi connectivity index (χ3v) is 5.99. The zero-order valence-electron chi connectivity index (χ0n) is 19.6. The summed E-state index contributed by atoms with van der Waals surface area (Å²) < 4.78 is 21.9. The van der Waals surface area contributed by atoms with Crippen LogP contribution in [-0.2, 0) is 6.54 Å². The molecule has 0 amide bonds. The summed E-state index contributed by atoms with van der Waals surface area (Å²) in [5.41, 5.74) is 4.42. The lowest BCUT2D eigenvalue weighted by molar-refractivity contribution is 0.0690. The number of nitrogens with zero attached hydrogens (tertiary/aromatic N) is 4. The van der Waals surface area contributed by atoms with Crippen LogP contribution in [0.5, 0.6) is 5.75 Å². The molecule has 10 heteroatoms. The van der Waals surface area contributed by atoms with Crippen molar-refractivity contribution in [1.82, 2.24) is 24.7 Å². The van der Waals surface area contributed by atoms with Crippen LogP contribution in [-0.4, -0.2) is 49.5 Å². The first-order valence-corrected chi connectivity index (χ1v) is 11.2. The first kappa shape index (κ1) is 23.0. The second-order valence-corrected chi connectivity index (χ2v) is 8.21. The Morgan fingerprint density at radius 1 is 1.08 bits per heavy atom. The molecule has 0 aliphatic heterocycles. The molecule has 0 aliphatic rings. The number of aromatic carboxylic acids is 1. The minimum Gasteiger partial charge on any atom is -0.496 e. The molecule has 5 rings (SSSR count). The summed E-state index contributed by atoms with van der Waals surface area (Å²) in [6.45, 7) is 3.01. The summed E-state index contributed by atoms with van der Waals surface area (Å²) in [5.74, 6) is -0.0611. The number of ether oxygens (including phenoxy) is 1. The summed E-state index contributed by atoms with van der Waals surface area (Å²) in [5, 5.41) is 19.6. The Morgan fingerprint density at radius 2 is 1.83 bits per heavy atom. The quantitative estimate of drug-likeness (QED) is 0.290. The highest BCUT2D eigenvalue weighted by atomic mass is 19.1. The Bertz CT molecular complexity index is 1560. The van der Waals surface area contributed by atoms with Gasteiger partial charge in [0.15, 0.2) is 0 Å². The van der Waals surface area contributed by atoms with Gasteiger partial charge in [-0.1, -0.05) is 24.3 Å². The molecule has 0 spiro atoms. The average Bonchev–Trinajstić information content (AvgIpc) is 3.51. The number of benzene rings is 2. The number of carboxylic acid groups (broad SMARTS) is 1. The number of rotatable bonds is 8. The summed E-state index contributed by atoms with van der Waals surface area (Å²) in [6.07, 6.45) is 1.49. The van der Waals surface area contributed by atoms with E-state index in [1.807, 2.05) is 47.9 Å². The van der Waals surface area contributed by atoms with Crippen LogP contribution < -0.4 is 10.1 Å². The molecule has 0 radical (unpaired) electrons. The lowest BCUT2D eigenvalue weighted by Crippen LogP contribution is -2.13. The van der Waals surface area contributed by atoms with Gasteiger partial charge < -0.3 is 19.7 Å². The maximum Gasteiger partial charge on any atom is 0.353 e. The van der Waals surface area contributed by atoms with E-state index in [0.29, 0.717) is 35.9 Å². The Hall–Kier alpha value is -4.73. The first-order valence-electron chi connectivity index (χ1n) is 11.2. The molecule has 0 saturated heterocycles. The van der Waals surface area contributed by atoms with Crippen molar-refractivity contribution >= 4 is 22.7 Å². The van der Waals surface area contributed by atoms with Crippen LogP contribution in [0.15, 0.2) is 60.9 Å². The second-order valence-electron chi connectivity index (χ2n) is 8.21. The van der Waals surface area contributed by atoms with Gasteiger partial charge in [0, 0.05) is 41.4 Å². The molecule has 5 aromatic rings. The van der Waals surface area contributed by atoms with E-state index in [2.05, 4.69) is 25.5 Å². The zero-order valence-corrected chi connectivity index (χ0v) is 19.6. The number of hydrogen-bond acceptors (Lipinski definition) is 6. The molecule has 2 aromatic carbocycles. The summed E-state index contributed by atoms with van der Waals surface area (Å²) >= 11 is 0. The lowest BCUT2D eigenvalue weighted by Gasteiger charge is -2.12. The van der Waals surface area contributed by atoms with Gasteiger partial charge in [-0.2, -0.15) is 5.10 Å². The molecule has 0 atom stereocenters. The molecule has 0 saturated carbocycles. The standard InChI is InChI=1S/C26H23FN6O3/c1-15-11-18-23(36-2)8-7-19(27)25(18)33(15)10-9-28-24-13-20(29-14-30-24)16-3-5-17(6-4-16)21-12-22(26(34)35)32-31-21/h3-8,11-14H,9-10H2,1-2H3,(H,31,32)(H,34,35)(H,28,29,30). The van der Waals surface area contributed by atoms with Crippen LogP contribution in [0.1, 0.15) is 16.2 Å². The second kappa shape index (κ2) is 9.49. The van der Waals surface area contributed by atoms with Gasteiger partial charge in [-0.3, -0.25) is 5.10 Å². The van der Waals surface area contributed by atoms with Crippen molar-refractivity contribution < 1.29 is 19.0 Å². The van der Waals surface area contributed by atoms with Crippen molar-refractivity contribution in [3.05, 3.63) is 78.1 Å². The van der Waals surface area contributed by atoms with Gasteiger partial charge in [0.25, 0.3) is 0 Å². The highest BCUT2D eigenvalue weighted by Crippen LogP contribution is 2.31. The molecular weight excluding hydrogens is 463 g/mol. The fraction of sp³-hybridized carbons (Fsp3) is 0.154. The Labute approximate surface area is 205 Å². The number of methoxy groups -OCH3 is 1. The Kier molecular flexibility index (Phi) is 6.07. The van der Waals surface area contributed by atoms with E-state index in [4.69, 9.17) is 9.84 Å². The van der Waals surface area contributed by atoms with Crippen molar-refractivity contribution in [1.29, 1.82) is 0 Å². The van der Waals surface area contributed by atoms with Crippen LogP contribution in [0, 0.1) is 12.7 Å². The Balaban J connectivity index is 1.29. The van der Waals surface area contributed by atoms with E-state index in [1.54, 1.807) is 13.2 Å². The number of H-pyrrole nitrogens is 1. The molecule has 3 aromatic heterocycles. The highest BCUT2D eigenvalue weighted by Gasteiger charge is 2.14. The summed E-state index contributed by atoms with van der Waals surface area (Å²) in [6, 6.07) is 15.8. The van der Waals surface area contributed by atoms with Gasteiger partial charge in [0.2, 0.25) is 0 Å². The number of carbonyl (C=O) groups is 1. The van der Waals surface area contributed by atoms with Gasteiger partial charge in [-0.25, -0.2) is 19.2 Å². The number of aryl methyl sites for hydroxylation is 1. The number of hydrogen-bond donors (Lipinski definition) is 3. The average molecular weight is 487 g/mol. The van der Waals surface area contributed by atoms with Crippen molar-refractivity contribution in [2.24, 2.45) is 0 Å². The molecule has 3 heterocycles. The maximum atomic E-state index is 14.6. The number of aromatic amines is 1. The molecule has 0 bridgehead atoms. The van der Waals surface area contributed by atoms with Crippen LogP contribution in [0.4, 0.5) is 10.2 Å². The SMILES string of the molecule is COc1ccc(F)c2c1cc(C)n2CCNc1cc(-c2ccc(-c3cc(C(=O)O)[nH]n3)cc2)ncn1. The van der Waals surface area contributed by atoms with E-state index in [1.165, 1.54) is 18.5 Å². The number of anilines is 1. The van der Waals surface area contributed by atoms with Gasteiger partial charge >= 0.3 is 5.97 Å². The summed E-state index contributed by atoms with van der Waals surface area (Å²) in [7, 11) is 1.58. The molecule has 9 nitrogen and oxygen atoms in total. The first-order chi connectivity index (χ1) is 17.4. The van der Waals surface area contributed by atoms with E-state index in [0.717, 1.165) is 27.9 Å².